The lowest BCUT2D eigenvalue weighted by molar-refractivity contribution is -0.151. The van der Waals surface area contributed by atoms with E-state index in [1.54, 1.807) is 6.92 Å². The molecule has 2 aliphatic rings. The Hall–Kier alpha value is -2.89. The summed E-state index contributed by atoms with van der Waals surface area (Å²) in [5.74, 6) is -2.95. The predicted molar refractivity (Wildman–Crippen MR) is 112 cm³/mol. The third-order valence-corrected chi connectivity index (χ3v) is 5.96. The van der Waals surface area contributed by atoms with Crippen LogP contribution in [0.4, 0.5) is 0 Å². The Labute approximate surface area is 177 Å². The number of benzene rings is 1. The summed E-state index contributed by atoms with van der Waals surface area (Å²) < 4.78 is 10.2. The number of hydrogen-bond acceptors (Lipinski definition) is 6. The van der Waals surface area contributed by atoms with E-state index in [1.807, 2.05) is 38.1 Å². The Morgan fingerprint density at radius 2 is 1.83 bits per heavy atom. The highest BCUT2D eigenvalue weighted by Gasteiger charge is 2.47. The van der Waals surface area contributed by atoms with Gasteiger partial charge in [-0.05, 0) is 43.7 Å². The minimum atomic E-state index is -0.880. The second kappa shape index (κ2) is 8.86. The van der Waals surface area contributed by atoms with Crippen LogP contribution in [0.3, 0.4) is 0 Å². The maximum Gasteiger partial charge on any atom is 0.336 e. The Morgan fingerprint density at radius 3 is 2.40 bits per heavy atom. The molecule has 0 fully saturated rings. The van der Waals surface area contributed by atoms with E-state index in [0.29, 0.717) is 23.3 Å². The molecule has 6 heteroatoms. The molecule has 0 saturated carbocycles. The molecule has 0 bridgehead atoms. The van der Waals surface area contributed by atoms with E-state index in [-0.39, 0.29) is 18.3 Å². The lowest BCUT2D eigenvalue weighted by Crippen LogP contribution is -2.43. The summed E-state index contributed by atoms with van der Waals surface area (Å²) in [4.78, 5) is 38.8. The van der Waals surface area contributed by atoms with Gasteiger partial charge in [-0.2, -0.15) is 0 Å². The molecule has 0 aromatic heterocycles. The minimum absolute atomic E-state index is 0.198. The molecule has 160 valence electrons. The molecule has 1 aliphatic heterocycles. The van der Waals surface area contributed by atoms with Crippen molar-refractivity contribution in [2.24, 2.45) is 11.8 Å². The second-order valence-electron chi connectivity index (χ2n) is 7.85. The Bertz CT molecular complexity index is 925. The molecule has 1 aromatic carbocycles. The van der Waals surface area contributed by atoms with Crippen LogP contribution in [0, 0.1) is 11.8 Å². The van der Waals surface area contributed by atoms with Gasteiger partial charge >= 0.3 is 11.9 Å². The lowest BCUT2D eigenvalue weighted by Gasteiger charge is -2.38. The number of Topliss-reactive ketones (excluding diaryl/α,β-unsaturated/α-hetero) is 1. The number of dihydropyridines is 1. The fourth-order valence-electron chi connectivity index (χ4n) is 4.44. The predicted octanol–water partition coefficient (Wildman–Crippen LogP) is 3.43. The van der Waals surface area contributed by atoms with Crippen molar-refractivity contribution in [2.75, 3.05) is 13.7 Å². The molecule has 1 aliphatic carbocycles. The summed E-state index contributed by atoms with van der Waals surface area (Å²) in [6, 6.07) is 7.90. The zero-order chi connectivity index (χ0) is 22.0. The Balaban J connectivity index is 2.17. The zero-order valence-electron chi connectivity index (χ0n) is 18.2. The molecule has 30 heavy (non-hydrogen) atoms. The number of hydrogen-bond donors (Lipinski definition) is 1. The number of ketones is 1. The molecule has 0 radical (unpaired) electrons. The van der Waals surface area contributed by atoms with Crippen LogP contribution in [0.2, 0.25) is 0 Å². The van der Waals surface area contributed by atoms with Gasteiger partial charge in [-0.1, -0.05) is 38.1 Å². The molecule has 0 unspecified atom stereocenters. The number of nitrogens with one attached hydrogen (secondary N) is 1. The van der Waals surface area contributed by atoms with Crippen molar-refractivity contribution in [3.05, 3.63) is 57.9 Å². The molecular weight excluding hydrogens is 382 g/mol. The van der Waals surface area contributed by atoms with E-state index >= 15 is 0 Å². The number of aryl methyl sites for hydroxylation is 1. The van der Waals surface area contributed by atoms with Crippen molar-refractivity contribution < 1.29 is 23.9 Å². The summed E-state index contributed by atoms with van der Waals surface area (Å²) >= 11 is 0. The smallest absolute Gasteiger partial charge is 0.336 e. The van der Waals surface area contributed by atoms with Gasteiger partial charge in [0.15, 0.2) is 5.78 Å². The molecule has 6 nitrogen and oxygen atoms in total. The fraction of sp³-hybridized carbons (Fsp3) is 0.458. The second-order valence-corrected chi connectivity index (χ2v) is 7.85. The summed E-state index contributed by atoms with van der Waals surface area (Å²) in [6.07, 6.45) is 1.42. The van der Waals surface area contributed by atoms with Crippen molar-refractivity contribution in [1.29, 1.82) is 0 Å². The summed E-state index contributed by atoms with van der Waals surface area (Å²) in [7, 11) is 1.29. The Morgan fingerprint density at radius 1 is 1.17 bits per heavy atom. The van der Waals surface area contributed by atoms with Crippen molar-refractivity contribution in [3.63, 3.8) is 0 Å². The summed E-state index contributed by atoms with van der Waals surface area (Å²) in [6.45, 7) is 7.75. The third kappa shape index (κ3) is 3.78. The standard InChI is InChI=1S/C24H29NO5/c1-6-15-8-10-16(11-9-15)20-19(24(28)30-7-2)14(4)25-17-12-13(3)18(23(27)29-5)22(26)21(17)20/h8-11,13,18,20,25H,6-7,12H2,1-5H3/t13-,18+,20-/m1/s1. The van der Waals surface area contributed by atoms with E-state index in [0.717, 1.165) is 23.2 Å². The van der Waals surface area contributed by atoms with Crippen LogP contribution in [0.15, 0.2) is 46.8 Å². The van der Waals surface area contributed by atoms with E-state index in [4.69, 9.17) is 9.47 Å². The fourth-order valence-corrected chi connectivity index (χ4v) is 4.44. The van der Waals surface area contributed by atoms with Crippen LogP contribution in [0.25, 0.3) is 0 Å². The number of carbonyl (C=O) groups excluding carboxylic acids is 3. The molecule has 1 aromatic rings. The number of ether oxygens (including phenoxy) is 2. The highest BCUT2D eigenvalue weighted by atomic mass is 16.5. The molecule has 0 saturated heterocycles. The minimum Gasteiger partial charge on any atom is -0.468 e. The van der Waals surface area contributed by atoms with Crippen LogP contribution in [0.1, 0.15) is 51.2 Å². The highest BCUT2D eigenvalue weighted by molar-refractivity contribution is 6.12. The van der Waals surface area contributed by atoms with Crippen LogP contribution in [-0.2, 0) is 30.3 Å². The van der Waals surface area contributed by atoms with Gasteiger partial charge in [0.25, 0.3) is 0 Å². The lowest BCUT2D eigenvalue weighted by atomic mass is 9.69. The summed E-state index contributed by atoms with van der Waals surface area (Å²) in [5.41, 5.74) is 4.30. The maximum absolute atomic E-state index is 13.5. The largest absolute Gasteiger partial charge is 0.468 e. The van der Waals surface area contributed by atoms with Crippen molar-refractivity contribution in [1.82, 2.24) is 5.32 Å². The number of allylic oxidation sites excluding steroid dienone is 3. The highest BCUT2D eigenvalue weighted by Crippen LogP contribution is 2.45. The first-order chi connectivity index (χ1) is 14.3. The third-order valence-electron chi connectivity index (χ3n) is 5.96. The Kier molecular flexibility index (Phi) is 6.44. The van der Waals surface area contributed by atoms with Crippen LogP contribution < -0.4 is 5.32 Å². The quantitative estimate of drug-likeness (QED) is 0.591. The molecule has 1 N–H and O–H groups in total. The number of rotatable bonds is 5. The van der Waals surface area contributed by atoms with Crippen LogP contribution in [0.5, 0.6) is 0 Å². The average Bonchev–Trinajstić information content (AvgIpc) is 2.72. The van der Waals surface area contributed by atoms with Gasteiger partial charge < -0.3 is 14.8 Å². The SMILES string of the molecule is CCOC(=O)C1=C(C)NC2=C(C(=O)[C@@H](C(=O)OC)[C@H](C)C2)[C@@H]1c1ccc(CC)cc1. The molecule has 3 atom stereocenters. The maximum atomic E-state index is 13.5. The van der Waals surface area contributed by atoms with Crippen molar-refractivity contribution in [3.8, 4) is 0 Å². The molecule has 0 amide bonds. The van der Waals surface area contributed by atoms with E-state index in [9.17, 15) is 14.4 Å². The first kappa shape index (κ1) is 21.8. The zero-order valence-corrected chi connectivity index (χ0v) is 18.2. The number of methoxy groups -OCH3 is 1. The van der Waals surface area contributed by atoms with Gasteiger partial charge in [0.2, 0.25) is 0 Å². The average molecular weight is 411 g/mol. The van der Waals surface area contributed by atoms with Gasteiger partial charge in [0, 0.05) is 22.9 Å². The van der Waals surface area contributed by atoms with Gasteiger partial charge in [-0.15, -0.1) is 0 Å². The van der Waals surface area contributed by atoms with E-state index in [2.05, 4.69) is 12.2 Å². The molecular formula is C24H29NO5. The van der Waals surface area contributed by atoms with E-state index in [1.165, 1.54) is 7.11 Å². The van der Waals surface area contributed by atoms with Gasteiger partial charge in [-0.3, -0.25) is 9.59 Å². The monoisotopic (exact) mass is 411 g/mol. The molecule has 3 rings (SSSR count). The van der Waals surface area contributed by atoms with Crippen molar-refractivity contribution in [2.45, 2.75) is 46.5 Å². The summed E-state index contributed by atoms with van der Waals surface area (Å²) in [5, 5.41) is 3.25. The normalized spacial score (nSPS) is 23.6. The molecule has 0 spiro atoms. The van der Waals surface area contributed by atoms with Crippen molar-refractivity contribution >= 4 is 17.7 Å². The van der Waals surface area contributed by atoms with E-state index < -0.39 is 23.8 Å². The van der Waals surface area contributed by atoms with Gasteiger partial charge in [0.1, 0.15) is 5.92 Å². The topological polar surface area (TPSA) is 81.7 Å². The first-order valence-corrected chi connectivity index (χ1v) is 10.4. The van der Waals surface area contributed by atoms with Gasteiger partial charge in [-0.25, -0.2) is 4.79 Å². The van der Waals surface area contributed by atoms with Crippen LogP contribution in [-0.4, -0.2) is 31.4 Å². The van der Waals surface area contributed by atoms with Gasteiger partial charge in [0.05, 0.1) is 19.3 Å². The first-order valence-electron chi connectivity index (χ1n) is 10.4. The van der Waals surface area contributed by atoms with Crippen LogP contribution >= 0.6 is 0 Å². The number of esters is 2. The molecule has 1 heterocycles. The number of carbonyl (C=O) groups is 3.